The second kappa shape index (κ2) is 27.7. The summed E-state index contributed by atoms with van der Waals surface area (Å²) >= 11 is 6.82. The number of anilines is 4. The van der Waals surface area contributed by atoms with E-state index < -0.39 is 34.5 Å². The van der Waals surface area contributed by atoms with Crippen molar-refractivity contribution in [3.8, 4) is 23.5 Å². The monoisotopic (exact) mass is 1290 g/mol. The van der Waals surface area contributed by atoms with Crippen molar-refractivity contribution in [1.82, 2.24) is 39.3 Å². The van der Waals surface area contributed by atoms with Crippen molar-refractivity contribution in [2.45, 2.75) is 103 Å². The van der Waals surface area contributed by atoms with Crippen LogP contribution >= 0.6 is 11.6 Å². The number of carbonyl (C=O) groups excluding carboxylic acids is 4. The number of amides is 3. The Labute approximate surface area is 545 Å². The van der Waals surface area contributed by atoms with Crippen LogP contribution in [0.2, 0.25) is 5.02 Å². The van der Waals surface area contributed by atoms with Crippen molar-refractivity contribution in [2.75, 3.05) is 107 Å². The van der Waals surface area contributed by atoms with Crippen LogP contribution < -0.4 is 30.3 Å². The van der Waals surface area contributed by atoms with Gasteiger partial charge in [-0.15, -0.1) is 0 Å². The highest BCUT2D eigenvalue weighted by Crippen LogP contribution is 2.43. The molecular weight excluding hydrogens is 1210 g/mol. The number of hydrogen-bond donors (Lipinski definition) is 2. The first-order chi connectivity index (χ1) is 44.8. The number of nitriles is 1. The predicted octanol–water partition coefficient (Wildman–Crippen LogP) is 10.7. The Balaban J connectivity index is 0.571. The van der Waals surface area contributed by atoms with Gasteiger partial charge in [0.15, 0.2) is 11.5 Å². The molecule has 12 rings (SSSR count). The standard InChI is InChI=1S/C70H81ClF3N13O6/c1-4-61(89)86-34-33-85(41-51(86)18-25-75)67-54-24-32-83(58-11-6-9-48-8-5-10-55(71)63(48)58)42-57(54)78-68(79-67)93-44-47-23-31-84(40-47)62(90)43-82-29-21-46(22-30-82)36-45-19-27-81(28-20-45)26-7-35-92-52-15-12-49(13-16-52)77-56-37-50(14-17-53(56)66(76)91)87-59-38-69(2,3)39-60(88)64(59)65(80-87)70(72,73)74/h4-6,8-17,37,45-47,51,77H,1,7,18-24,26-36,38-44H2,2-3H3,(H2,76,91). The van der Waals surface area contributed by atoms with E-state index in [-0.39, 0.29) is 71.7 Å². The van der Waals surface area contributed by atoms with Crippen LogP contribution in [-0.2, 0) is 35.2 Å². The molecule has 19 nitrogen and oxygen atoms in total. The average Bonchev–Trinajstić information content (AvgIpc) is 1.79. The largest absolute Gasteiger partial charge is 0.494 e. The third kappa shape index (κ3) is 14.8. The number of piperazine rings is 1. The molecule has 0 radical (unpaired) electrons. The summed E-state index contributed by atoms with van der Waals surface area (Å²) < 4.78 is 56.3. The number of nitrogens with zero attached hydrogens (tertiary/aromatic N) is 11. The van der Waals surface area contributed by atoms with Gasteiger partial charge in [-0.25, -0.2) is 4.68 Å². The number of ether oxygens (including phenoxy) is 2. The molecule has 0 bridgehead atoms. The zero-order valence-electron chi connectivity index (χ0n) is 52.9. The van der Waals surface area contributed by atoms with Crippen molar-refractivity contribution in [3.63, 3.8) is 0 Å². The minimum Gasteiger partial charge on any atom is -0.494 e. The van der Waals surface area contributed by atoms with Crippen LogP contribution in [0.4, 0.5) is 36.1 Å². The van der Waals surface area contributed by atoms with E-state index in [0.717, 1.165) is 103 Å². The third-order valence-corrected chi connectivity index (χ3v) is 20.0. The first-order valence-electron chi connectivity index (χ1n) is 32.7. The molecule has 5 aliphatic heterocycles. The molecule has 2 atom stereocenters. The maximum Gasteiger partial charge on any atom is 0.435 e. The van der Waals surface area contributed by atoms with E-state index in [2.05, 4.69) is 66.9 Å². The number of nitrogens with two attached hydrogens (primary N) is 1. The molecule has 3 N–H and O–H groups in total. The zero-order chi connectivity index (χ0) is 65.1. The van der Waals surface area contributed by atoms with E-state index in [1.165, 1.54) is 43.5 Å². The van der Waals surface area contributed by atoms with Gasteiger partial charge in [0.05, 0.1) is 83.7 Å². The minimum absolute atomic E-state index is 0.0237. The lowest BCUT2D eigenvalue weighted by molar-refractivity contribution is -0.141. The van der Waals surface area contributed by atoms with Crippen molar-refractivity contribution in [2.24, 2.45) is 28.9 Å². The van der Waals surface area contributed by atoms with Gasteiger partial charge in [-0.3, -0.25) is 24.1 Å². The van der Waals surface area contributed by atoms with Crippen LogP contribution in [0, 0.1) is 34.5 Å². The summed E-state index contributed by atoms with van der Waals surface area (Å²) in [5.41, 5.74) is 7.92. The second-order valence-corrected chi connectivity index (χ2v) is 27.2. The van der Waals surface area contributed by atoms with Crippen molar-refractivity contribution >= 4 is 68.8 Å². The van der Waals surface area contributed by atoms with Crippen LogP contribution in [0.1, 0.15) is 115 Å². The highest BCUT2D eigenvalue weighted by atomic mass is 35.5. The number of primary amides is 1. The summed E-state index contributed by atoms with van der Waals surface area (Å²) in [4.78, 5) is 75.4. The van der Waals surface area contributed by atoms with Gasteiger partial charge in [0.2, 0.25) is 11.8 Å². The van der Waals surface area contributed by atoms with Gasteiger partial charge in [-0.2, -0.15) is 33.5 Å². The summed E-state index contributed by atoms with van der Waals surface area (Å²) in [6.45, 7) is 17.6. The second-order valence-electron chi connectivity index (χ2n) is 26.8. The Morgan fingerprint density at radius 1 is 0.860 bits per heavy atom. The Morgan fingerprint density at radius 3 is 2.31 bits per heavy atom. The number of fused-ring (bicyclic) bond motifs is 3. The average molecular weight is 1290 g/mol. The number of Topliss-reactive ketones (excluding diaryl/α,β-unsaturated/α-hetero) is 1. The van der Waals surface area contributed by atoms with E-state index in [4.69, 9.17) is 36.8 Å². The van der Waals surface area contributed by atoms with Gasteiger partial charge in [0.1, 0.15) is 11.6 Å². The Hall–Kier alpha value is -8.26. The number of benzene rings is 4. The third-order valence-electron chi connectivity index (χ3n) is 19.6. The van der Waals surface area contributed by atoms with Crippen molar-refractivity contribution in [1.29, 1.82) is 5.26 Å². The van der Waals surface area contributed by atoms with Gasteiger partial charge < -0.3 is 45.0 Å². The van der Waals surface area contributed by atoms with Gasteiger partial charge >= 0.3 is 12.2 Å². The Bertz CT molecular complexity index is 3810. The number of alkyl halides is 3. The molecule has 93 heavy (non-hydrogen) atoms. The van der Waals surface area contributed by atoms with Gasteiger partial charge in [-0.1, -0.05) is 56.3 Å². The maximum atomic E-state index is 14.2. The SMILES string of the molecule is C=CC(=O)N1CCN(c2nc(OCC3CCN(C(=O)CN4CCC(CC5CCN(CCCOc6ccc(Nc7cc(-n8nc(C(F)(F)F)c9c8CC(C)(C)CC9=O)ccc7C(N)=O)cc6)CC5)CC4)C3)nc3c2CCN(c2cccc4cccc(Cl)c24)C3)CC1CC#N. The van der Waals surface area contributed by atoms with Crippen LogP contribution in [0.5, 0.6) is 11.8 Å². The summed E-state index contributed by atoms with van der Waals surface area (Å²) in [5, 5.41) is 19.6. The minimum atomic E-state index is -4.83. The quantitative estimate of drug-likeness (QED) is 0.0538. The molecule has 2 aromatic heterocycles. The molecule has 0 saturated carbocycles. The molecule has 23 heteroatoms. The van der Waals surface area contributed by atoms with E-state index in [1.807, 2.05) is 43.0 Å². The number of aromatic nitrogens is 4. The fourth-order valence-electron chi connectivity index (χ4n) is 14.8. The zero-order valence-corrected chi connectivity index (χ0v) is 53.7. The number of likely N-dealkylation sites (tertiary alicyclic amines) is 3. The fourth-order valence-corrected chi connectivity index (χ4v) is 15.1. The number of carbonyl (C=O) groups is 4. The lowest BCUT2D eigenvalue weighted by atomic mass is 9.75. The smallest absolute Gasteiger partial charge is 0.435 e. The molecular formula is C70H81ClF3N13O6. The summed E-state index contributed by atoms with van der Waals surface area (Å²) in [6.07, 6.45) is 4.99. The molecule has 2 unspecified atom stereocenters. The molecule has 6 aromatic rings. The Morgan fingerprint density at radius 2 is 1.59 bits per heavy atom. The summed E-state index contributed by atoms with van der Waals surface area (Å²) in [5.74, 6) is 1.58. The molecule has 1 aliphatic carbocycles. The lowest BCUT2D eigenvalue weighted by Crippen LogP contribution is -2.55. The molecule has 3 amide bonds. The van der Waals surface area contributed by atoms with Crippen LogP contribution in [0.25, 0.3) is 16.5 Å². The number of piperidine rings is 2. The van der Waals surface area contributed by atoms with Gasteiger partial charge in [0, 0.05) is 80.5 Å². The van der Waals surface area contributed by atoms with Gasteiger partial charge in [0.25, 0.3) is 5.91 Å². The first kappa shape index (κ1) is 64.8. The van der Waals surface area contributed by atoms with Crippen LogP contribution in [-0.4, -0.2) is 161 Å². The highest BCUT2D eigenvalue weighted by molar-refractivity contribution is 6.36. The number of rotatable bonds is 20. The normalized spacial score (nSPS) is 19.9. The summed E-state index contributed by atoms with van der Waals surface area (Å²) in [7, 11) is 0. The number of hydrogen-bond acceptors (Lipinski definition) is 15. The van der Waals surface area contributed by atoms with E-state index >= 15 is 0 Å². The number of ketones is 1. The summed E-state index contributed by atoms with van der Waals surface area (Å²) in [6, 6.07) is 26.1. The molecule has 4 fully saturated rings. The lowest BCUT2D eigenvalue weighted by Gasteiger charge is -2.42. The fraction of sp³-hybridized carbons (Fsp3) is 0.486. The number of halogens is 4. The van der Waals surface area contributed by atoms with Gasteiger partial charge in [-0.05, 0) is 167 Å². The number of nitrogens with one attached hydrogen (secondary N) is 1. The molecule has 490 valence electrons. The Kier molecular flexibility index (Phi) is 19.3. The first-order valence-corrected chi connectivity index (χ1v) is 33.0. The van der Waals surface area contributed by atoms with Crippen LogP contribution in [0.15, 0.2) is 91.5 Å². The molecule has 4 saturated heterocycles. The highest BCUT2D eigenvalue weighted by Gasteiger charge is 2.46. The van der Waals surface area contributed by atoms with E-state index in [9.17, 15) is 37.6 Å². The molecule has 7 heterocycles. The molecule has 4 aromatic carbocycles. The van der Waals surface area contributed by atoms with E-state index in [0.29, 0.717) is 93.7 Å². The maximum absolute atomic E-state index is 14.2. The van der Waals surface area contributed by atoms with Crippen molar-refractivity contribution < 1.29 is 41.8 Å². The van der Waals surface area contributed by atoms with E-state index in [1.54, 1.807) is 17.0 Å². The molecule has 6 aliphatic rings. The molecule has 0 spiro atoms. The predicted molar refractivity (Wildman–Crippen MR) is 350 cm³/mol. The topological polar surface area (TPSA) is 212 Å². The van der Waals surface area contributed by atoms with Crippen molar-refractivity contribution in [3.05, 3.63) is 130 Å². The van der Waals surface area contributed by atoms with Crippen LogP contribution in [0.3, 0.4) is 0 Å².